The quantitative estimate of drug-likeness (QED) is 0.516. The molecule has 1 rings (SSSR count). The van der Waals surface area contributed by atoms with Crippen LogP contribution in [-0.4, -0.2) is 0 Å². The van der Waals surface area contributed by atoms with Crippen molar-refractivity contribution in [3.63, 3.8) is 0 Å². The number of hydrogen-bond donors (Lipinski definition) is 0. The highest BCUT2D eigenvalue weighted by Gasteiger charge is 1.85. The van der Waals surface area contributed by atoms with Gasteiger partial charge in [-0.05, 0) is 38.8 Å². The van der Waals surface area contributed by atoms with Crippen LogP contribution in [0.15, 0.2) is 24.3 Å². The maximum atomic E-state index is 3.04. The molecule has 0 heterocycles. The first kappa shape index (κ1) is 8.95. The average molecular weight is 274 g/mol. The molecule has 0 spiro atoms. The molecule has 11 heavy (non-hydrogen) atoms. The van der Waals surface area contributed by atoms with E-state index in [2.05, 4.69) is 51.4 Å². The molecule has 0 aromatic heterocycles. The van der Waals surface area contributed by atoms with Gasteiger partial charge in [-0.2, -0.15) is 0 Å². The van der Waals surface area contributed by atoms with Gasteiger partial charge in [0.05, 0.1) is 0 Å². The zero-order chi connectivity index (χ0) is 8.10. The summed E-state index contributed by atoms with van der Waals surface area (Å²) < 4.78 is 0. The van der Waals surface area contributed by atoms with Gasteiger partial charge in [0, 0.05) is 26.8 Å². The second kappa shape index (κ2) is 4.68. The van der Waals surface area contributed by atoms with Gasteiger partial charge in [0.15, 0.2) is 0 Å². The Kier molecular flexibility index (Phi) is 3.81. The Morgan fingerprint density at radius 2 is 2.27 bits per heavy atom. The lowest BCUT2D eigenvalue weighted by Crippen LogP contribution is -1.74. The normalized spacial score (nSPS) is 8.55. The minimum absolute atomic E-state index is 1.09. The predicted molar refractivity (Wildman–Crippen MR) is 59.7 cm³/mol. The molecule has 0 N–H and O–H groups in total. The third kappa shape index (κ3) is 3.17. The van der Waals surface area contributed by atoms with Crippen LogP contribution >= 0.6 is 30.1 Å². The fourth-order valence-electron chi connectivity index (χ4n) is 0.801. The van der Waals surface area contributed by atoms with E-state index in [9.17, 15) is 0 Å². The van der Waals surface area contributed by atoms with Crippen LogP contribution in [0.3, 0.4) is 0 Å². The molecule has 1 aromatic rings. The van der Waals surface area contributed by atoms with E-state index < -0.39 is 0 Å². The van der Waals surface area contributed by atoms with Crippen molar-refractivity contribution in [2.75, 3.05) is 0 Å². The topological polar surface area (TPSA) is 0 Å². The molecule has 0 aliphatic heterocycles. The summed E-state index contributed by atoms with van der Waals surface area (Å²) in [4.78, 5) is 0. The molecule has 0 saturated carbocycles. The molecule has 0 saturated heterocycles. The molecule has 0 fully saturated rings. The second-order valence-electron chi connectivity index (χ2n) is 2.17. The fourth-order valence-corrected chi connectivity index (χ4v) is 1.29. The highest BCUT2D eigenvalue weighted by molar-refractivity contribution is 14.2. The van der Waals surface area contributed by atoms with Gasteiger partial charge in [0.1, 0.15) is 0 Å². The summed E-state index contributed by atoms with van der Waals surface area (Å²) in [5, 5.41) is 2.95. The molecule has 0 aliphatic rings. The van der Waals surface area contributed by atoms with Crippen molar-refractivity contribution in [3.8, 4) is 11.2 Å². The number of halogens is 1. The van der Waals surface area contributed by atoms with Gasteiger partial charge in [-0.3, -0.25) is 0 Å². The molecule has 0 aliphatic carbocycles. The molecular weight excluding hydrogens is 267 g/mol. The van der Waals surface area contributed by atoms with Crippen molar-refractivity contribution in [3.05, 3.63) is 35.4 Å². The van der Waals surface area contributed by atoms with Crippen LogP contribution in [-0.2, 0) is 0 Å². The molecule has 2 heteroatoms. The van der Waals surface area contributed by atoms with E-state index in [-0.39, 0.29) is 0 Å². The van der Waals surface area contributed by atoms with Crippen LogP contribution in [0.2, 0.25) is 0 Å². The van der Waals surface area contributed by atoms with E-state index in [0.717, 1.165) is 5.56 Å². The van der Waals surface area contributed by atoms with Crippen molar-refractivity contribution in [2.45, 2.75) is 6.92 Å². The first-order valence-corrected chi connectivity index (χ1v) is 6.54. The van der Waals surface area contributed by atoms with E-state index in [1.165, 1.54) is 14.5 Å². The zero-order valence-corrected chi connectivity index (χ0v) is 9.07. The Morgan fingerprint density at radius 3 is 2.91 bits per heavy atom. The van der Waals surface area contributed by atoms with Crippen LogP contribution in [0.25, 0.3) is 0 Å². The number of hydrogen-bond acceptors (Lipinski definition) is 1. The number of aryl methyl sites for hydroxylation is 1. The van der Waals surface area contributed by atoms with Gasteiger partial charge in [-0.25, -0.2) is 0 Å². The number of rotatable bonds is 0. The summed E-state index contributed by atoms with van der Waals surface area (Å²) in [7, 11) is 1.51. The third-order valence-corrected chi connectivity index (χ3v) is 2.09. The highest BCUT2D eigenvalue weighted by atomic mass is 127. The smallest absolute Gasteiger partial charge is 0.0257 e. The second-order valence-corrected chi connectivity index (χ2v) is 3.85. The molecule has 0 atom stereocenters. The molecular formula is C9H7IS. The van der Waals surface area contributed by atoms with Crippen LogP contribution in [0.4, 0.5) is 0 Å². The first-order valence-electron chi connectivity index (χ1n) is 3.18. The third-order valence-electron chi connectivity index (χ3n) is 1.25. The molecule has 56 valence electrons. The maximum Gasteiger partial charge on any atom is 0.0257 e. The number of benzene rings is 1. The van der Waals surface area contributed by atoms with Crippen molar-refractivity contribution in [2.24, 2.45) is 0 Å². The monoisotopic (exact) mass is 274 g/mol. The van der Waals surface area contributed by atoms with Gasteiger partial charge in [0.25, 0.3) is 0 Å². The molecule has 0 unspecified atom stereocenters. The Balaban J connectivity index is 2.87. The summed E-state index contributed by atoms with van der Waals surface area (Å²) in [5.74, 6) is 3.04. The van der Waals surface area contributed by atoms with E-state index in [4.69, 9.17) is 0 Å². The van der Waals surface area contributed by atoms with Gasteiger partial charge >= 0.3 is 0 Å². The molecule has 0 radical (unpaired) electrons. The lowest BCUT2D eigenvalue weighted by atomic mass is 10.1. The van der Waals surface area contributed by atoms with E-state index in [1.54, 1.807) is 0 Å². The van der Waals surface area contributed by atoms with E-state index in [1.807, 2.05) is 12.1 Å². The zero-order valence-electron chi connectivity index (χ0n) is 6.10. The van der Waals surface area contributed by atoms with Crippen LogP contribution in [0.1, 0.15) is 11.1 Å². The van der Waals surface area contributed by atoms with Gasteiger partial charge in [-0.1, -0.05) is 18.1 Å². The Hall–Kier alpha value is -0.140. The van der Waals surface area contributed by atoms with E-state index in [0.29, 0.717) is 0 Å². The summed E-state index contributed by atoms with van der Waals surface area (Å²) in [6, 6.07) is 8.20. The van der Waals surface area contributed by atoms with Gasteiger partial charge < -0.3 is 0 Å². The lowest BCUT2D eigenvalue weighted by molar-refractivity contribution is 1.46. The highest BCUT2D eigenvalue weighted by Crippen LogP contribution is 2.08. The van der Waals surface area contributed by atoms with Crippen molar-refractivity contribution in [1.82, 2.24) is 0 Å². The minimum atomic E-state index is 1.09. The summed E-state index contributed by atoms with van der Waals surface area (Å²) in [6.45, 7) is 2.07. The van der Waals surface area contributed by atoms with Crippen LogP contribution < -0.4 is 0 Å². The van der Waals surface area contributed by atoms with Gasteiger partial charge in [-0.15, -0.1) is 0 Å². The van der Waals surface area contributed by atoms with Crippen LogP contribution in [0.5, 0.6) is 0 Å². The van der Waals surface area contributed by atoms with Crippen molar-refractivity contribution >= 4 is 30.1 Å². The Bertz CT molecular complexity index is 296. The Morgan fingerprint density at radius 1 is 1.45 bits per heavy atom. The summed E-state index contributed by atoms with van der Waals surface area (Å²) in [6.07, 6.45) is 0. The standard InChI is InChI=1S/C9H7IS/c1-8-3-2-4-9(7-8)5-6-11-10/h2-4,7H,1H3. The SMILES string of the molecule is Cc1cccc(C#CSI)c1. The largest absolute Gasteiger partial charge is 0.0608 e. The lowest BCUT2D eigenvalue weighted by Gasteiger charge is -1.90. The summed E-state index contributed by atoms with van der Waals surface area (Å²) >= 11 is 2.17. The minimum Gasteiger partial charge on any atom is -0.0608 e. The molecule has 0 amide bonds. The fraction of sp³-hybridized carbons (Fsp3) is 0.111. The van der Waals surface area contributed by atoms with Crippen molar-refractivity contribution in [1.29, 1.82) is 0 Å². The van der Waals surface area contributed by atoms with Gasteiger partial charge in [0.2, 0.25) is 0 Å². The molecule has 0 nitrogen and oxygen atoms in total. The Labute approximate surface area is 83.4 Å². The molecule has 1 aromatic carbocycles. The van der Waals surface area contributed by atoms with Crippen LogP contribution in [0, 0.1) is 18.1 Å². The summed E-state index contributed by atoms with van der Waals surface area (Å²) in [5.41, 5.74) is 2.35. The maximum absolute atomic E-state index is 3.04. The van der Waals surface area contributed by atoms with E-state index >= 15 is 0 Å². The van der Waals surface area contributed by atoms with Crippen molar-refractivity contribution < 1.29 is 0 Å². The first-order chi connectivity index (χ1) is 5.33. The average Bonchev–Trinajstić information content (AvgIpc) is 2.01. The molecule has 0 bridgehead atoms. The predicted octanol–water partition coefficient (Wildman–Crippen LogP) is 3.39.